The Bertz CT molecular complexity index is 1930. The molecule has 0 radical (unpaired) electrons. The maximum atomic E-state index is 12.0. The van der Waals surface area contributed by atoms with E-state index in [2.05, 4.69) is 60.5 Å². The van der Waals surface area contributed by atoms with Crippen LogP contribution in [0.5, 0.6) is 11.5 Å². The van der Waals surface area contributed by atoms with Crippen molar-refractivity contribution in [1.82, 2.24) is 4.90 Å². The highest BCUT2D eigenvalue weighted by Gasteiger charge is 2.24. The van der Waals surface area contributed by atoms with Gasteiger partial charge in [0.25, 0.3) is 0 Å². The standard InChI is InChI=1S/C19H19NS.C16H18O4.C4H4O4/c1-20-12-10-14(11-13-20)19-15-6-2-4-8-17(15)21-18-9-5-3-7-16(18)19;1-9(2)5-6-11-14(19-4)8-13(18)15-12(17)7-10(3)20-16(11)15;5-3(6)1-2-4(7)8/h2-9H,10-13H2,1H3;5,7-8,18H,6H2,1-4H3;1-2H,(H,5,6)(H,7,8). The first-order valence-corrected chi connectivity index (χ1v) is 16.6. The molecule has 1 saturated heterocycles. The lowest BCUT2D eigenvalue weighted by atomic mass is 9.88. The number of nitrogens with zero attached hydrogens (tertiary/aromatic N) is 1. The van der Waals surface area contributed by atoms with Gasteiger partial charge in [-0.2, -0.15) is 0 Å². The van der Waals surface area contributed by atoms with E-state index in [1.165, 1.54) is 71.7 Å². The Kier molecular flexibility index (Phi) is 12.6. The van der Waals surface area contributed by atoms with Crippen molar-refractivity contribution in [3.8, 4) is 11.5 Å². The number of hydrogen-bond donors (Lipinski definition) is 3. The third-order valence-corrected chi connectivity index (χ3v) is 9.10. The van der Waals surface area contributed by atoms with Gasteiger partial charge in [-0.05, 0) is 75.9 Å². The average molecular weight is 684 g/mol. The van der Waals surface area contributed by atoms with Crippen LogP contribution in [0.25, 0.3) is 16.5 Å². The molecule has 0 atom stereocenters. The Hall–Kier alpha value is -5.06. The Morgan fingerprint density at radius 1 is 0.939 bits per heavy atom. The molecule has 3 aromatic carbocycles. The van der Waals surface area contributed by atoms with Crippen molar-refractivity contribution < 1.29 is 34.1 Å². The number of aromatic hydroxyl groups is 1. The second-order valence-corrected chi connectivity index (χ2v) is 13.0. The van der Waals surface area contributed by atoms with Crippen LogP contribution in [0.3, 0.4) is 0 Å². The van der Waals surface area contributed by atoms with E-state index in [0.29, 0.717) is 35.7 Å². The molecule has 256 valence electrons. The summed E-state index contributed by atoms with van der Waals surface area (Å²) in [5.41, 5.74) is 8.07. The van der Waals surface area contributed by atoms with E-state index in [1.807, 2.05) is 31.7 Å². The molecule has 4 aromatic rings. The first kappa shape index (κ1) is 36.8. The predicted octanol–water partition coefficient (Wildman–Crippen LogP) is 7.71. The van der Waals surface area contributed by atoms with E-state index in [4.69, 9.17) is 19.4 Å². The van der Waals surface area contributed by atoms with Crippen molar-refractivity contribution in [3.63, 3.8) is 0 Å². The van der Waals surface area contributed by atoms with Gasteiger partial charge in [-0.25, -0.2) is 9.59 Å². The summed E-state index contributed by atoms with van der Waals surface area (Å²) < 4.78 is 11.0. The summed E-state index contributed by atoms with van der Waals surface area (Å²) in [6.45, 7) is 8.06. The molecule has 0 aliphatic carbocycles. The molecule has 0 bridgehead atoms. The lowest BCUT2D eigenvalue weighted by Crippen LogP contribution is -2.27. The fourth-order valence-corrected chi connectivity index (χ4v) is 6.68. The zero-order valence-electron chi connectivity index (χ0n) is 28.3. The molecule has 10 heteroatoms. The minimum Gasteiger partial charge on any atom is -0.507 e. The topological polar surface area (TPSA) is 138 Å². The molecule has 0 unspecified atom stereocenters. The highest BCUT2D eigenvalue weighted by atomic mass is 32.2. The molecule has 0 spiro atoms. The van der Waals surface area contributed by atoms with Crippen molar-refractivity contribution in [2.45, 2.75) is 49.8 Å². The number of phenols is 1. The first-order valence-electron chi connectivity index (χ1n) is 15.8. The molecule has 2 aliphatic rings. The number of rotatable bonds is 5. The second-order valence-electron chi connectivity index (χ2n) is 11.9. The number of piperidine rings is 1. The second kappa shape index (κ2) is 16.9. The molecule has 0 saturated carbocycles. The Morgan fingerprint density at radius 2 is 1.49 bits per heavy atom. The van der Waals surface area contributed by atoms with Gasteiger partial charge in [-0.1, -0.05) is 65.4 Å². The summed E-state index contributed by atoms with van der Waals surface area (Å²) in [6.07, 6.45) is 6.11. The molecular formula is C39H41NO8S. The van der Waals surface area contributed by atoms with Crippen LogP contribution in [-0.2, 0) is 16.0 Å². The normalized spacial score (nSPS) is 13.7. The number of allylic oxidation sites excluding steroid dienone is 2. The third kappa shape index (κ3) is 9.52. The van der Waals surface area contributed by atoms with E-state index in [1.54, 1.807) is 12.5 Å². The zero-order valence-corrected chi connectivity index (χ0v) is 29.1. The molecular weight excluding hydrogens is 642 g/mol. The Labute approximate surface area is 289 Å². The van der Waals surface area contributed by atoms with Crippen LogP contribution < -0.4 is 10.2 Å². The van der Waals surface area contributed by atoms with Gasteiger partial charge in [0.1, 0.15) is 28.2 Å². The van der Waals surface area contributed by atoms with E-state index in [9.17, 15) is 19.5 Å². The van der Waals surface area contributed by atoms with E-state index < -0.39 is 11.9 Å². The molecule has 6 rings (SSSR count). The Morgan fingerprint density at radius 3 is 2.00 bits per heavy atom. The summed E-state index contributed by atoms with van der Waals surface area (Å²) in [5.74, 6) is -1.61. The minimum absolute atomic E-state index is 0.119. The third-order valence-electron chi connectivity index (χ3n) is 7.95. The van der Waals surface area contributed by atoms with Crippen LogP contribution in [0, 0.1) is 6.92 Å². The number of carbonyl (C=O) groups is 2. The van der Waals surface area contributed by atoms with Gasteiger partial charge >= 0.3 is 11.9 Å². The lowest BCUT2D eigenvalue weighted by Gasteiger charge is -2.30. The molecule has 3 heterocycles. The van der Waals surface area contributed by atoms with E-state index in [0.717, 1.165) is 11.1 Å². The van der Waals surface area contributed by atoms with Gasteiger partial charge in [0.2, 0.25) is 0 Å². The lowest BCUT2D eigenvalue weighted by molar-refractivity contribution is -0.134. The number of aliphatic carboxylic acids is 2. The summed E-state index contributed by atoms with van der Waals surface area (Å²) in [7, 11) is 3.75. The van der Waals surface area contributed by atoms with Crippen molar-refractivity contribution >= 4 is 40.2 Å². The van der Waals surface area contributed by atoms with E-state index >= 15 is 0 Å². The number of benzene rings is 3. The van der Waals surface area contributed by atoms with Crippen LogP contribution in [0.2, 0.25) is 0 Å². The molecule has 0 amide bonds. The molecule has 2 aliphatic heterocycles. The van der Waals surface area contributed by atoms with Crippen LogP contribution >= 0.6 is 11.8 Å². The molecule has 1 aromatic heterocycles. The van der Waals surface area contributed by atoms with Gasteiger partial charge in [0, 0.05) is 52.7 Å². The number of aryl methyl sites for hydroxylation is 1. The van der Waals surface area contributed by atoms with Crippen LogP contribution in [0.1, 0.15) is 49.1 Å². The maximum absolute atomic E-state index is 12.0. The van der Waals surface area contributed by atoms with Gasteiger partial charge in [-0.15, -0.1) is 0 Å². The van der Waals surface area contributed by atoms with Gasteiger partial charge < -0.3 is 29.4 Å². The van der Waals surface area contributed by atoms with Crippen LogP contribution in [0.4, 0.5) is 0 Å². The number of hydrogen-bond acceptors (Lipinski definition) is 8. The summed E-state index contributed by atoms with van der Waals surface area (Å²) in [5, 5.41) is 25.8. The Balaban J connectivity index is 0.000000182. The molecule has 9 nitrogen and oxygen atoms in total. The van der Waals surface area contributed by atoms with Gasteiger partial charge in [0.15, 0.2) is 5.43 Å². The highest BCUT2D eigenvalue weighted by Crippen LogP contribution is 2.47. The predicted molar refractivity (Wildman–Crippen MR) is 193 cm³/mol. The van der Waals surface area contributed by atoms with Crippen LogP contribution in [-0.4, -0.2) is 59.4 Å². The first-order chi connectivity index (χ1) is 23.4. The minimum atomic E-state index is -1.26. The average Bonchev–Trinajstić information content (AvgIpc) is 3.06. The fourth-order valence-electron chi connectivity index (χ4n) is 5.59. The van der Waals surface area contributed by atoms with Crippen molar-refractivity contribution in [2.24, 2.45) is 0 Å². The van der Waals surface area contributed by atoms with Gasteiger partial charge in [-0.3, -0.25) is 4.79 Å². The molecule has 1 fully saturated rings. The number of carboxylic acids is 2. The monoisotopic (exact) mass is 683 g/mol. The zero-order chi connectivity index (χ0) is 35.7. The SMILES string of the molecule is CN1CCC(=C2c3ccccc3Sc3ccccc32)CC1.COc1cc(O)c2c(=O)cc(C)oc2c1CC=C(C)C.O=C(O)C=CC(=O)O. The van der Waals surface area contributed by atoms with Crippen LogP contribution in [0.15, 0.2) is 109 Å². The number of phenolic OH excluding ortho intramolecular Hbond substituents is 1. The summed E-state index contributed by atoms with van der Waals surface area (Å²) >= 11 is 1.91. The number of ether oxygens (including phenoxy) is 1. The van der Waals surface area contributed by atoms with Crippen molar-refractivity contribution in [2.75, 3.05) is 27.2 Å². The fraction of sp³-hybridized carbons (Fsp3) is 0.256. The highest BCUT2D eigenvalue weighted by molar-refractivity contribution is 7.99. The van der Waals surface area contributed by atoms with Crippen molar-refractivity contribution in [3.05, 3.63) is 123 Å². The number of fused-ring (bicyclic) bond motifs is 3. The molecule has 49 heavy (non-hydrogen) atoms. The molecule has 3 N–H and O–H groups in total. The maximum Gasteiger partial charge on any atom is 0.328 e. The van der Waals surface area contributed by atoms with Crippen molar-refractivity contribution in [1.29, 1.82) is 0 Å². The van der Waals surface area contributed by atoms with Gasteiger partial charge in [0.05, 0.1) is 7.11 Å². The number of methoxy groups -OCH3 is 1. The summed E-state index contributed by atoms with van der Waals surface area (Å²) in [6, 6.07) is 20.6. The summed E-state index contributed by atoms with van der Waals surface area (Å²) in [4.78, 5) is 36.4. The number of likely N-dealkylation sites (tertiary alicyclic amines) is 1. The quantitative estimate of drug-likeness (QED) is 0.125. The largest absolute Gasteiger partial charge is 0.507 e. The number of carboxylic acid groups (broad SMARTS) is 2. The smallest absolute Gasteiger partial charge is 0.328 e. The van der Waals surface area contributed by atoms with E-state index in [-0.39, 0.29) is 16.6 Å².